The molecule has 2 atom stereocenters. The molecule has 33 heavy (non-hydrogen) atoms. The molecule has 1 aromatic heterocycles. The SMILES string of the molecule is C[C@@]1(c2ccccc2)NC(=O)N(NC(=O)CN2CCC[C@H](c3nc4ccccc4s3)C2)C1=O. The molecule has 8 nitrogen and oxygen atoms in total. The van der Waals surface area contributed by atoms with Gasteiger partial charge in [0.05, 0.1) is 21.8 Å². The number of fused-ring (bicyclic) bond motifs is 1. The number of thiazole rings is 1. The molecule has 0 unspecified atom stereocenters. The van der Waals surface area contributed by atoms with Crippen LogP contribution in [0.4, 0.5) is 4.79 Å². The Morgan fingerprint density at radius 1 is 1.18 bits per heavy atom. The summed E-state index contributed by atoms with van der Waals surface area (Å²) in [5, 5.41) is 4.59. The van der Waals surface area contributed by atoms with Crippen LogP contribution in [0.25, 0.3) is 10.2 Å². The van der Waals surface area contributed by atoms with E-state index in [4.69, 9.17) is 4.98 Å². The van der Waals surface area contributed by atoms with Crippen LogP contribution in [-0.4, -0.2) is 52.4 Å². The first kappa shape index (κ1) is 21.5. The van der Waals surface area contributed by atoms with E-state index in [0.717, 1.165) is 41.5 Å². The van der Waals surface area contributed by atoms with Gasteiger partial charge in [0, 0.05) is 12.5 Å². The van der Waals surface area contributed by atoms with E-state index in [1.807, 2.05) is 24.3 Å². The van der Waals surface area contributed by atoms with Crippen LogP contribution in [0.3, 0.4) is 0 Å². The molecule has 9 heteroatoms. The van der Waals surface area contributed by atoms with Gasteiger partial charge < -0.3 is 5.32 Å². The van der Waals surface area contributed by atoms with Crippen molar-refractivity contribution in [2.45, 2.75) is 31.2 Å². The maximum absolute atomic E-state index is 13.0. The highest BCUT2D eigenvalue weighted by atomic mass is 32.1. The number of hydrogen-bond acceptors (Lipinski definition) is 6. The summed E-state index contributed by atoms with van der Waals surface area (Å²) in [4.78, 5) is 45.1. The fourth-order valence-electron chi connectivity index (χ4n) is 4.54. The lowest BCUT2D eigenvalue weighted by Gasteiger charge is -2.31. The smallest absolute Gasteiger partial charge is 0.318 e. The molecule has 5 rings (SSSR count). The van der Waals surface area contributed by atoms with Crippen LogP contribution in [-0.2, 0) is 15.1 Å². The predicted molar refractivity (Wildman–Crippen MR) is 125 cm³/mol. The summed E-state index contributed by atoms with van der Waals surface area (Å²) >= 11 is 1.70. The monoisotopic (exact) mass is 463 g/mol. The van der Waals surface area contributed by atoms with Gasteiger partial charge in [0.25, 0.3) is 11.8 Å². The van der Waals surface area contributed by atoms with Crippen molar-refractivity contribution in [2.24, 2.45) is 0 Å². The average Bonchev–Trinajstić information content (AvgIpc) is 3.35. The molecule has 3 aromatic rings. The highest BCUT2D eigenvalue weighted by molar-refractivity contribution is 7.18. The fourth-order valence-corrected chi connectivity index (χ4v) is 5.63. The van der Waals surface area contributed by atoms with E-state index >= 15 is 0 Å². The van der Waals surface area contributed by atoms with Crippen molar-refractivity contribution < 1.29 is 14.4 Å². The van der Waals surface area contributed by atoms with Crippen molar-refractivity contribution in [1.82, 2.24) is 25.6 Å². The number of hydrogen-bond donors (Lipinski definition) is 2. The second-order valence-corrected chi connectivity index (χ2v) is 9.75. The molecule has 2 aromatic carbocycles. The highest BCUT2D eigenvalue weighted by Gasteiger charge is 2.50. The highest BCUT2D eigenvalue weighted by Crippen LogP contribution is 2.33. The number of imide groups is 1. The minimum Gasteiger partial charge on any atom is -0.318 e. The summed E-state index contributed by atoms with van der Waals surface area (Å²) < 4.78 is 1.17. The van der Waals surface area contributed by atoms with E-state index in [1.165, 1.54) is 4.70 Å². The van der Waals surface area contributed by atoms with Crippen molar-refractivity contribution in [3.05, 3.63) is 65.2 Å². The van der Waals surface area contributed by atoms with Gasteiger partial charge in [0.2, 0.25) is 0 Å². The van der Waals surface area contributed by atoms with Crippen molar-refractivity contribution in [3.8, 4) is 0 Å². The Morgan fingerprint density at radius 2 is 1.94 bits per heavy atom. The average molecular weight is 464 g/mol. The largest absolute Gasteiger partial charge is 0.344 e. The summed E-state index contributed by atoms with van der Waals surface area (Å²) in [6, 6.07) is 16.5. The predicted octanol–water partition coefficient (Wildman–Crippen LogP) is 2.97. The van der Waals surface area contributed by atoms with Crippen molar-refractivity contribution in [2.75, 3.05) is 19.6 Å². The number of urea groups is 1. The fraction of sp³-hybridized carbons (Fsp3) is 0.333. The Hall–Kier alpha value is -3.30. The quantitative estimate of drug-likeness (QED) is 0.568. The molecule has 170 valence electrons. The number of nitrogens with zero attached hydrogens (tertiary/aromatic N) is 3. The summed E-state index contributed by atoms with van der Waals surface area (Å²) in [5.41, 5.74) is 2.96. The van der Waals surface area contributed by atoms with Gasteiger partial charge in [-0.1, -0.05) is 42.5 Å². The van der Waals surface area contributed by atoms with E-state index < -0.39 is 17.5 Å². The minimum atomic E-state index is -1.21. The van der Waals surface area contributed by atoms with Crippen LogP contribution >= 0.6 is 11.3 Å². The molecule has 0 saturated carbocycles. The number of amides is 4. The standard InChI is InChI=1S/C24H25N5O3S/c1-24(17-9-3-2-4-10-17)22(31)29(23(32)26-24)27-20(30)15-28-13-7-8-16(14-28)21-25-18-11-5-6-12-19(18)33-21/h2-6,9-12,16H,7-8,13-15H2,1H3,(H,26,32)(H,27,30)/t16-,24-/m0/s1. The number of likely N-dealkylation sites (tertiary alicyclic amines) is 1. The first-order valence-corrected chi connectivity index (χ1v) is 11.9. The molecule has 0 radical (unpaired) electrons. The summed E-state index contributed by atoms with van der Waals surface area (Å²) in [7, 11) is 0. The van der Waals surface area contributed by atoms with E-state index in [9.17, 15) is 14.4 Å². The number of carbonyl (C=O) groups excluding carboxylic acids is 3. The van der Waals surface area contributed by atoms with Crippen LogP contribution < -0.4 is 10.7 Å². The summed E-state index contributed by atoms with van der Waals surface area (Å²) in [6.45, 7) is 3.26. The molecule has 2 aliphatic heterocycles. The van der Waals surface area contributed by atoms with Gasteiger partial charge in [0.1, 0.15) is 5.54 Å². The number of nitrogens with one attached hydrogen (secondary N) is 2. The Kier molecular flexibility index (Phi) is 5.59. The molecule has 0 spiro atoms. The lowest BCUT2D eigenvalue weighted by Crippen LogP contribution is -2.51. The van der Waals surface area contributed by atoms with Crippen LogP contribution in [0.2, 0.25) is 0 Å². The van der Waals surface area contributed by atoms with E-state index in [-0.39, 0.29) is 18.4 Å². The van der Waals surface area contributed by atoms with Crippen molar-refractivity contribution >= 4 is 39.4 Å². The van der Waals surface area contributed by atoms with Crippen LogP contribution in [0.1, 0.15) is 36.3 Å². The molecule has 0 bridgehead atoms. The van der Waals surface area contributed by atoms with Gasteiger partial charge in [-0.2, -0.15) is 5.01 Å². The Bertz CT molecular complexity index is 1180. The lowest BCUT2D eigenvalue weighted by atomic mass is 9.92. The molecular formula is C24H25N5O3S. The van der Waals surface area contributed by atoms with E-state index in [1.54, 1.807) is 42.5 Å². The zero-order valence-electron chi connectivity index (χ0n) is 18.3. The topological polar surface area (TPSA) is 94.6 Å². The van der Waals surface area contributed by atoms with Gasteiger partial charge in [-0.25, -0.2) is 9.78 Å². The Labute approximate surface area is 195 Å². The van der Waals surface area contributed by atoms with Gasteiger partial charge in [-0.3, -0.25) is 19.9 Å². The number of aromatic nitrogens is 1. The number of hydrazine groups is 1. The molecular weight excluding hydrogens is 438 g/mol. The van der Waals surface area contributed by atoms with Crippen LogP contribution in [0.5, 0.6) is 0 Å². The third-order valence-electron chi connectivity index (χ3n) is 6.31. The molecule has 2 aliphatic rings. The third-order valence-corrected chi connectivity index (χ3v) is 7.51. The van der Waals surface area contributed by atoms with Crippen LogP contribution in [0.15, 0.2) is 54.6 Å². The Morgan fingerprint density at radius 3 is 2.73 bits per heavy atom. The number of rotatable bonds is 5. The van der Waals surface area contributed by atoms with Gasteiger partial charge in [0.15, 0.2) is 0 Å². The second-order valence-electron chi connectivity index (χ2n) is 8.69. The first-order chi connectivity index (χ1) is 15.9. The lowest BCUT2D eigenvalue weighted by molar-refractivity contribution is -0.139. The zero-order valence-corrected chi connectivity index (χ0v) is 19.1. The molecule has 2 saturated heterocycles. The van der Waals surface area contributed by atoms with Crippen LogP contribution in [0, 0.1) is 0 Å². The normalized spacial score (nSPS) is 23.7. The van der Waals surface area contributed by atoms with Gasteiger partial charge >= 0.3 is 6.03 Å². The Balaban J connectivity index is 1.22. The summed E-state index contributed by atoms with van der Waals surface area (Å²) in [6.07, 6.45) is 1.99. The molecule has 2 fully saturated rings. The van der Waals surface area contributed by atoms with E-state index in [0.29, 0.717) is 5.56 Å². The molecule has 0 aliphatic carbocycles. The van der Waals surface area contributed by atoms with Gasteiger partial charge in [-0.15, -0.1) is 11.3 Å². The first-order valence-electron chi connectivity index (χ1n) is 11.0. The summed E-state index contributed by atoms with van der Waals surface area (Å²) in [5.74, 6) is -0.624. The number of carbonyl (C=O) groups is 3. The molecule has 4 amide bonds. The maximum atomic E-state index is 13.0. The minimum absolute atomic E-state index is 0.112. The number of piperidine rings is 1. The number of benzene rings is 2. The number of para-hydroxylation sites is 1. The zero-order chi connectivity index (χ0) is 23.0. The van der Waals surface area contributed by atoms with E-state index in [2.05, 4.69) is 21.7 Å². The maximum Gasteiger partial charge on any atom is 0.344 e. The second kappa shape index (κ2) is 8.57. The third kappa shape index (κ3) is 4.09. The van der Waals surface area contributed by atoms with Crippen molar-refractivity contribution in [3.63, 3.8) is 0 Å². The van der Waals surface area contributed by atoms with Gasteiger partial charge in [-0.05, 0) is 44.0 Å². The van der Waals surface area contributed by atoms with Crippen molar-refractivity contribution in [1.29, 1.82) is 0 Å². The molecule has 3 heterocycles. The molecule has 2 N–H and O–H groups in total.